The Morgan fingerprint density at radius 1 is 1.10 bits per heavy atom. The Hall–Kier alpha value is -2.82. The summed E-state index contributed by atoms with van der Waals surface area (Å²) < 4.78 is 35.0. The lowest BCUT2D eigenvalue weighted by molar-refractivity contribution is 0.194. The van der Waals surface area contributed by atoms with Gasteiger partial charge >= 0.3 is 0 Å². The fraction of sp³-hybridized carbons (Fsp3) is 0.350. The predicted octanol–water partition coefficient (Wildman–Crippen LogP) is 1.62. The molecule has 9 nitrogen and oxygen atoms in total. The average Bonchev–Trinajstić information content (AvgIpc) is 3.41. The number of ether oxygens (including phenoxy) is 1. The Morgan fingerprint density at radius 2 is 1.83 bits per heavy atom. The Balaban J connectivity index is 1.69. The number of benzene rings is 2. The summed E-state index contributed by atoms with van der Waals surface area (Å²) >= 11 is 0. The minimum absolute atomic E-state index is 0.135. The van der Waals surface area contributed by atoms with Crippen molar-refractivity contribution in [1.29, 1.82) is 0 Å². The molecule has 0 aliphatic carbocycles. The van der Waals surface area contributed by atoms with E-state index in [0.29, 0.717) is 31.0 Å². The molecule has 0 spiro atoms. The topological polar surface area (TPSA) is 110 Å². The Bertz CT molecular complexity index is 1090. The lowest BCUT2D eigenvalue weighted by Gasteiger charge is -2.28. The molecule has 1 aliphatic heterocycles. The maximum atomic E-state index is 13.5. The molecule has 1 saturated heterocycles. The molecule has 1 aliphatic rings. The lowest BCUT2D eigenvalue weighted by atomic mass is 10.2. The number of hydrogen-bond acceptors (Lipinski definition) is 7. The van der Waals surface area contributed by atoms with Crippen molar-refractivity contribution in [2.75, 3.05) is 13.7 Å². The summed E-state index contributed by atoms with van der Waals surface area (Å²) in [7, 11) is -2.36. The third kappa shape index (κ3) is 3.81. The average molecular weight is 430 g/mol. The molecule has 0 bridgehead atoms. The van der Waals surface area contributed by atoms with E-state index >= 15 is 0 Å². The standard InChI is InChI=1S/C20H23N5O4S/c1-29-17-8-10-18(11-9-17)30(27,28)25-16(14-26)7-12-19(25)20-21-22-23-24(20)13-15-5-3-2-4-6-15/h2-6,8-11,16,19,26H,7,12-14H2,1H3/t16-,19-/m0/s1. The van der Waals surface area contributed by atoms with Gasteiger partial charge in [0.1, 0.15) is 5.75 Å². The fourth-order valence-electron chi connectivity index (χ4n) is 3.83. The molecular weight excluding hydrogens is 406 g/mol. The molecule has 4 rings (SSSR count). The van der Waals surface area contributed by atoms with Gasteiger partial charge in [0.15, 0.2) is 5.82 Å². The van der Waals surface area contributed by atoms with E-state index in [1.54, 1.807) is 16.8 Å². The molecule has 3 aromatic rings. The van der Waals surface area contributed by atoms with E-state index in [2.05, 4.69) is 15.5 Å². The van der Waals surface area contributed by atoms with E-state index in [0.717, 1.165) is 5.56 Å². The van der Waals surface area contributed by atoms with Gasteiger partial charge in [-0.05, 0) is 53.1 Å². The maximum Gasteiger partial charge on any atom is 0.244 e. The summed E-state index contributed by atoms with van der Waals surface area (Å²) in [5.41, 5.74) is 1.01. The van der Waals surface area contributed by atoms with Crippen molar-refractivity contribution in [1.82, 2.24) is 24.5 Å². The van der Waals surface area contributed by atoms with Gasteiger partial charge in [-0.2, -0.15) is 4.31 Å². The third-order valence-electron chi connectivity index (χ3n) is 5.32. The second-order valence-corrected chi connectivity index (χ2v) is 8.96. The SMILES string of the molecule is COc1ccc(S(=O)(=O)N2[C@H](CO)CC[C@H]2c2nnnn2Cc2ccccc2)cc1. The van der Waals surface area contributed by atoms with Crippen LogP contribution in [-0.2, 0) is 16.6 Å². The molecule has 2 aromatic carbocycles. The van der Waals surface area contributed by atoms with Gasteiger partial charge in [-0.1, -0.05) is 30.3 Å². The van der Waals surface area contributed by atoms with Crippen LogP contribution in [0.3, 0.4) is 0 Å². The van der Waals surface area contributed by atoms with Crippen molar-refractivity contribution in [3.05, 3.63) is 66.0 Å². The van der Waals surface area contributed by atoms with E-state index in [1.165, 1.54) is 23.5 Å². The van der Waals surface area contributed by atoms with Gasteiger partial charge in [-0.25, -0.2) is 13.1 Å². The van der Waals surface area contributed by atoms with Crippen molar-refractivity contribution in [2.24, 2.45) is 0 Å². The zero-order chi connectivity index (χ0) is 21.1. The van der Waals surface area contributed by atoms with E-state index in [1.807, 2.05) is 30.3 Å². The first-order valence-corrected chi connectivity index (χ1v) is 11.1. The summed E-state index contributed by atoms with van der Waals surface area (Å²) in [6.07, 6.45) is 1.05. The zero-order valence-corrected chi connectivity index (χ0v) is 17.3. The van der Waals surface area contributed by atoms with Crippen LogP contribution >= 0.6 is 0 Å². The fourth-order valence-corrected chi connectivity index (χ4v) is 5.65. The number of hydrogen-bond donors (Lipinski definition) is 1. The number of aliphatic hydroxyl groups excluding tert-OH is 1. The normalized spacial score (nSPS) is 19.8. The summed E-state index contributed by atoms with van der Waals surface area (Å²) in [5.74, 6) is 1.03. The van der Waals surface area contributed by atoms with E-state index in [-0.39, 0.29) is 11.5 Å². The highest BCUT2D eigenvalue weighted by atomic mass is 32.2. The number of aliphatic hydroxyl groups is 1. The molecule has 1 fully saturated rings. The molecule has 2 atom stereocenters. The van der Waals surface area contributed by atoms with E-state index < -0.39 is 22.1 Å². The second-order valence-electron chi connectivity index (χ2n) is 7.12. The van der Waals surface area contributed by atoms with Gasteiger partial charge in [0.05, 0.1) is 31.2 Å². The van der Waals surface area contributed by atoms with E-state index in [9.17, 15) is 13.5 Å². The van der Waals surface area contributed by atoms with Gasteiger partial charge < -0.3 is 9.84 Å². The largest absolute Gasteiger partial charge is 0.497 e. The molecule has 0 radical (unpaired) electrons. The molecule has 0 amide bonds. The monoisotopic (exact) mass is 429 g/mol. The van der Waals surface area contributed by atoms with Crippen LogP contribution in [0.1, 0.15) is 30.3 Å². The van der Waals surface area contributed by atoms with Gasteiger partial charge in [0, 0.05) is 6.04 Å². The summed E-state index contributed by atoms with van der Waals surface area (Å²) in [6.45, 7) is 0.159. The number of tetrazole rings is 1. The molecule has 30 heavy (non-hydrogen) atoms. The Labute approximate surface area is 175 Å². The minimum atomic E-state index is -3.88. The first-order valence-electron chi connectivity index (χ1n) is 9.63. The summed E-state index contributed by atoms with van der Waals surface area (Å²) in [6, 6.07) is 14.8. The third-order valence-corrected chi connectivity index (χ3v) is 7.29. The summed E-state index contributed by atoms with van der Waals surface area (Å²) in [5, 5.41) is 21.9. The lowest BCUT2D eigenvalue weighted by Crippen LogP contribution is -2.40. The minimum Gasteiger partial charge on any atom is -0.497 e. The number of aromatic nitrogens is 4. The first kappa shape index (κ1) is 20.5. The van der Waals surface area contributed by atoms with Crippen molar-refractivity contribution in [2.45, 2.75) is 36.4 Å². The van der Waals surface area contributed by atoms with Crippen molar-refractivity contribution in [3.8, 4) is 5.75 Å². The van der Waals surface area contributed by atoms with Gasteiger partial charge in [0.25, 0.3) is 0 Å². The van der Waals surface area contributed by atoms with Crippen LogP contribution in [0.2, 0.25) is 0 Å². The van der Waals surface area contributed by atoms with Gasteiger partial charge in [0.2, 0.25) is 10.0 Å². The zero-order valence-electron chi connectivity index (χ0n) is 16.5. The first-order chi connectivity index (χ1) is 14.5. The quantitative estimate of drug-likeness (QED) is 0.607. The smallest absolute Gasteiger partial charge is 0.244 e. The van der Waals surface area contributed by atoms with Crippen LogP contribution in [0.25, 0.3) is 0 Å². The molecule has 1 aromatic heterocycles. The van der Waals surface area contributed by atoms with Gasteiger partial charge in [-0.3, -0.25) is 0 Å². The van der Waals surface area contributed by atoms with Crippen molar-refractivity contribution >= 4 is 10.0 Å². The second kappa shape index (κ2) is 8.50. The molecule has 2 heterocycles. The highest BCUT2D eigenvalue weighted by Crippen LogP contribution is 2.39. The summed E-state index contributed by atoms with van der Waals surface area (Å²) in [4.78, 5) is 0.135. The molecule has 0 unspecified atom stereocenters. The van der Waals surface area contributed by atoms with Crippen LogP contribution in [-0.4, -0.2) is 57.8 Å². The molecule has 0 saturated carbocycles. The Morgan fingerprint density at radius 3 is 2.50 bits per heavy atom. The maximum absolute atomic E-state index is 13.5. The number of rotatable bonds is 7. The predicted molar refractivity (Wildman–Crippen MR) is 108 cm³/mol. The van der Waals surface area contributed by atoms with Crippen LogP contribution < -0.4 is 4.74 Å². The van der Waals surface area contributed by atoms with Crippen LogP contribution in [0, 0.1) is 0 Å². The molecule has 1 N–H and O–H groups in total. The van der Waals surface area contributed by atoms with Crippen LogP contribution in [0.5, 0.6) is 5.75 Å². The molecule has 158 valence electrons. The number of sulfonamides is 1. The van der Waals surface area contributed by atoms with Crippen molar-refractivity contribution < 1.29 is 18.3 Å². The highest BCUT2D eigenvalue weighted by Gasteiger charge is 2.45. The highest BCUT2D eigenvalue weighted by molar-refractivity contribution is 7.89. The molecular formula is C20H23N5O4S. The van der Waals surface area contributed by atoms with Crippen LogP contribution in [0.4, 0.5) is 0 Å². The van der Waals surface area contributed by atoms with Crippen molar-refractivity contribution in [3.63, 3.8) is 0 Å². The van der Waals surface area contributed by atoms with Gasteiger partial charge in [-0.15, -0.1) is 5.10 Å². The van der Waals surface area contributed by atoms with Crippen LogP contribution in [0.15, 0.2) is 59.5 Å². The number of methoxy groups -OCH3 is 1. The van der Waals surface area contributed by atoms with E-state index in [4.69, 9.17) is 4.74 Å². The number of nitrogens with zero attached hydrogens (tertiary/aromatic N) is 5. The Kier molecular flexibility index (Phi) is 5.80. The molecule has 10 heteroatoms.